The van der Waals surface area contributed by atoms with E-state index in [0.29, 0.717) is 24.9 Å². The largest absolute Gasteiger partial charge is 0.378 e. The van der Waals surface area contributed by atoms with Crippen LogP contribution in [0.25, 0.3) is 0 Å². The molecule has 0 aromatic heterocycles. The highest BCUT2D eigenvalue weighted by molar-refractivity contribution is 9.10. The minimum absolute atomic E-state index is 0.0485. The van der Waals surface area contributed by atoms with Gasteiger partial charge < -0.3 is 15.7 Å². The number of carbonyl (C=O) groups excluding carboxylic acids is 2. The van der Waals surface area contributed by atoms with Gasteiger partial charge in [-0.25, -0.2) is 0 Å². The molecule has 1 aliphatic heterocycles. The minimum atomic E-state index is -1.62. The lowest BCUT2D eigenvalue weighted by atomic mass is 9.91. The van der Waals surface area contributed by atoms with Crippen LogP contribution >= 0.6 is 15.9 Å². The second-order valence-electron chi connectivity index (χ2n) is 5.14. The van der Waals surface area contributed by atoms with E-state index in [1.54, 1.807) is 12.1 Å². The Morgan fingerprint density at radius 1 is 1.45 bits per heavy atom. The van der Waals surface area contributed by atoms with Gasteiger partial charge in [-0.1, -0.05) is 22.0 Å². The quantitative estimate of drug-likeness (QED) is 0.848. The molecule has 1 aromatic carbocycles. The van der Waals surface area contributed by atoms with E-state index < -0.39 is 11.5 Å². The van der Waals surface area contributed by atoms with E-state index >= 15 is 0 Å². The van der Waals surface area contributed by atoms with Crippen molar-refractivity contribution in [1.82, 2.24) is 4.90 Å². The SMILES string of the molecule is Cc1c(Br)cccc1C(=O)N1CCC[C@@](O)(C(N)=O)C1. The van der Waals surface area contributed by atoms with Crippen LogP contribution in [0.15, 0.2) is 22.7 Å². The number of hydrogen-bond donors (Lipinski definition) is 2. The minimum Gasteiger partial charge on any atom is -0.378 e. The van der Waals surface area contributed by atoms with Crippen molar-refractivity contribution in [1.29, 1.82) is 0 Å². The van der Waals surface area contributed by atoms with Crippen molar-refractivity contribution >= 4 is 27.7 Å². The molecule has 2 rings (SSSR count). The van der Waals surface area contributed by atoms with E-state index in [4.69, 9.17) is 5.73 Å². The maximum absolute atomic E-state index is 12.5. The summed E-state index contributed by atoms with van der Waals surface area (Å²) in [5, 5.41) is 10.2. The molecular formula is C14H17BrN2O3. The Morgan fingerprint density at radius 3 is 2.80 bits per heavy atom. The molecule has 0 unspecified atom stereocenters. The Kier molecular flexibility index (Phi) is 4.15. The first-order chi connectivity index (χ1) is 9.35. The molecule has 108 valence electrons. The molecule has 3 N–H and O–H groups in total. The zero-order valence-corrected chi connectivity index (χ0v) is 12.8. The molecule has 1 aliphatic rings. The zero-order valence-electron chi connectivity index (χ0n) is 11.2. The van der Waals surface area contributed by atoms with E-state index in [-0.39, 0.29) is 12.5 Å². The Bertz CT molecular complexity index is 561. The summed E-state index contributed by atoms with van der Waals surface area (Å²) < 4.78 is 0.852. The lowest BCUT2D eigenvalue weighted by Crippen LogP contribution is -2.57. The molecule has 1 atom stereocenters. The average molecular weight is 341 g/mol. The third-order valence-electron chi connectivity index (χ3n) is 3.71. The molecule has 1 fully saturated rings. The highest BCUT2D eigenvalue weighted by Crippen LogP contribution is 2.25. The Balaban J connectivity index is 2.25. The molecule has 5 nitrogen and oxygen atoms in total. The number of halogens is 1. The summed E-state index contributed by atoms with van der Waals surface area (Å²) in [6.07, 6.45) is 0.849. The van der Waals surface area contributed by atoms with Crippen molar-refractivity contribution in [2.45, 2.75) is 25.4 Å². The van der Waals surface area contributed by atoms with Crippen molar-refractivity contribution in [3.8, 4) is 0 Å². The van der Waals surface area contributed by atoms with E-state index in [1.165, 1.54) is 4.90 Å². The number of nitrogens with two attached hydrogens (primary N) is 1. The first kappa shape index (κ1) is 15.0. The topological polar surface area (TPSA) is 83.6 Å². The Morgan fingerprint density at radius 2 is 2.15 bits per heavy atom. The highest BCUT2D eigenvalue weighted by atomic mass is 79.9. The number of hydrogen-bond acceptors (Lipinski definition) is 3. The van der Waals surface area contributed by atoms with Gasteiger partial charge in [-0.3, -0.25) is 9.59 Å². The number of amides is 2. The van der Waals surface area contributed by atoms with Gasteiger partial charge >= 0.3 is 0 Å². The van der Waals surface area contributed by atoms with Gasteiger partial charge in [-0.05, 0) is 37.5 Å². The van der Waals surface area contributed by atoms with Gasteiger partial charge in [-0.2, -0.15) is 0 Å². The van der Waals surface area contributed by atoms with Crippen LogP contribution in [0.2, 0.25) is 0 Å². The number of aliphatic hydroxyl groups is 1. The van der Waals surface area contributed by atoms with Gasteiger partial charge in [0, 0.05) is 16.6 Å². The van der Waals surface area contributed by atoms with E-state index in [0.717, 1.165) is 10.0 Å². The number of rotatable bonds is 2. The van der Waals surface area contributed by atoms with Gasteiger partial charge in [-0.15, -0.1) is 0 Å². The summed E-state index contributed by atoms with van der Waals surface area (Å²) in [6, 6.07) is 5.39. The van der Waals surface area contributed by atoms with E-state index in [9.17, 15) is 14.7 Å². The van der Waals surface area contributed by atoms with Crippen LogP contribution in [0.4, 0.5) is 0 Å². The number of likely N-dealkylation sites (tertiary alicyclic amines) is 1. The Hall–Kier alpha value is -1.40. The molecular weight excluding hydrogens is 324 g/mol. The first-order valence-corrected chi connectivity index (χ1v) is 7.21. The van der Waals surface area contributed by atoms with Crippen LogP contribution in [0, 0.1) is 6.92 Å². The van der Waals surface area contributed by atoms with Crippen molar-refractivity contribution < 1.29 is 14.7 Å². The molecule has 0 aliphatic carbocycles. The highest BCUT2D eigenvalue weighted by Gasteiger charge is 2.40. The van der Waals surface area contributed by atoms with Gasteiger partial charge in [0.25, 0.3) is 11.8 Å². The third-order valence-corrected chi connectivity index (χ3v) is 4.57. The zero-order chi connectivity index (χ0) is 14.9. The molecule has 0 saturated carbocycles. The van der Waals surface area contributed by atoms with Crippen LogP contribution in [-0.2, 0) is 4.79 Å². The normalized spacial score (nSPS) is 22.6. The Labute approximate surface area is 125 Å². The standard InChI is InChI=1S/C14H17BrN2O3/c1-9-10(4-2-5-11(9)15)12(18)17-7-3-6-14(20,8-17)13(16)19/h2,4-5,20H,3,6-8H2,1H3,(H2,16,19)/t14-/m0/s1. The lowest BCUT2D eigenvalue weighted by Gasteiger charge is -2.37. The van der Waals surface area contributed by atoms with Gasteiger partial charge in [0.15, 0.2) is 5.60 Å². The van der Waals surface area contributed by atoms with Crippen molar-refractivity contribution in [3.63, 3.8) is 0 Å². The smallest absolute Gasteiger partial charge is 0.254 e. The monoisotopic (exact) mass is 340 g/mol. The fraction of sp³-hybridized carbons (Fsp3) is 0.429. The number of carbonyl (C=O) groups is 2. The second-order valence-corrected chi connectivity index (χ2v) is 5.99. The maximum atomic E-state index is 12.5. The molecule has 0 radical (unpaired) electrons. The van der Waals surface area contributed by atoms with E-state index in [2.05, 4.69) is 15.9 Å². The summed E-state index contributed by atoms with van der Waals surface area (Å²) in [7, 11) is 0. The van der Waals surface area contributed by atoms with Crippen molar-refractivity contribution in [2.24, 2.45) is 5.73 Å². The van der Waals surface area contributed by atoms with Crippen LogP contribution in [-0.4, -0.2) is 40.5 Å². The molecule has 0 spiro atoms. The predicted molar refractivity (Wildman–Crippen MR) is 78.2 cm³/mol. The summed E-state index contributed by atoms with van der Waals surface area (Å²) in [5.41, 5.74) is 5.01. The fourth-order valence-corrected chi connectivity index (χ4v) is 2.79. The predicted octanol–water partition coefficient (Wildman–Crippen LogP) is 1.21. The average Bonchev–Trinajstić information content (AvgIpc) is 2.41. The number of piperidine rings is 1. The van der Waals surface area contributed by atoms with E-state index in [1.807, 2.05) is 13.0 Å². The number of β-amino-alcohol motifs (C(OH)–C–C–N with tert-alkyl or cyclic N) is 1. The molecule has 1 aromatic rings. The summed E-state index contributed by atoms with van der Waals surface area (Å²) in [5.74, 6) is -0.968. The summed E-state index contributed by atoms with van der Waals surface area (Å²) in [4.78, 5) is 25.3. The molecule has 20 heavy (non-hydrogen) atoms. The molecule has 1 saturated heterocycles. The first-order valence-electron chi connectivity index (χ1n) is 6.42. The van der Waals surface area contributed by atoms with Crippen LogP contribution in [0.3, 0.4) is 0 Å². The fourth-order valence-electron chi connectivity index (χ4n) is 2.42. The third kappa shape index (κ3) is 2.71. The number of nitrogens with zero attached hydrogens (tertiary/aromatic N) is 1. The maximum Gasteiger partial charge on any atom is 0.254 e. The molecule has 2 amide bonds. The van der Waals surface area contributed by atoms with Crippen molar-refractivity contribution in [3.05, 3.63) is 33.8 Å². The number of primary amides is 1. The van der Waals surface area contributed by atoms with Gasteiger partial charge in [0.2, 0.25) is 0 Å². The van der Waals surface area contributed by atoms with Crippen LogP contribution in [0.1, 0.15) is 28.8 Å². The lowest BCUT2D eigenvalue weighted by molar-refractivity contribution is -0.140. The van der Waals surface area contributed by atoms with Crippen molar-refractivity contribution in [2.75, 3.05) is 13.1 Å². The molecule has 1 heterocycles. The van der Waals surface area contributed by atoms with Crippen LogP contribution < -0.4 is 5.73 Å². The number of benzene rings is 1. The second kappa shape index (κ2) is 5.54. The molecule has 6 heteroatoms. The van der Waals surface area contributed by atoms with Gasteiger partial charge in [0.1, 0.15) is 0 Å². The van der Waals surface area contributed by atoms with Crippen LogP contribution in [0.5, 0.6) is 0 Å². The summed E-state index contributed by atoms with van der Waals surface area (Å²) >= 11 is 3.39. The van der Waals surface area contributed by atoms with Gasteiger partial charge in [0.05, 0.1) is 6.54 Å². The molecule has 0 bridgehead atoms. The summed E-state index contributed by atoms with van der Waals surface area (Å²) in [6.45, 7) is 2.31.